The van der Waals surface area contributed by atoms with E-state index < -0.39 is 49.3 Å². The minimum atomic E-state index is -4.35. The number of likely N-dealkylation sites (N-methyl/N-ethyl adjacent to an activating group) is 1. The minimum Gasteiger partial charge on any atom is -0.460 e. The number of fused-ring (bicyclic) bond motifs is 2. The average Bonchev–Trinajstić information content (AvgIpc) is 3.39. The molecule has 1 aliphatic carbocycles. The van der Waals surface area contributed by atoms with E-state index in [1.165, 1.54) is 17.8 Å². The number of carbonyl (C=O) groups is 1. The van der Waals surface area contributed by atoms with Crippen LogP contribution in [0, 0.1) is 0 Å². The Morgan fingerprint density at radius 1 is 1.29 bits per heavy atom. The number of nitrogens with zero attached hydrogens (tertiary/aromatic N) is 4. The number of nitrogens with two attached hydrogens (primary N) is 1. The van der Waals surface area contributed by atoms with Crippen LogP contribution in [0.25, 0.3) is 5.52 Å². The predicted molar refractivity (Wildman–Crippen MR) is 145 cm³/mol. The molecule has 3 aliphatic rings. The van der Waals surface area contributed by atoms with Gasteiger partial charge in [-0.15, -0.1) is 0 Å². The van der Waals surface area contributed by atoms with E-state index in [9.17, 15) is 19.6 Å². The maximum absolute atomic E-state index is 14.1. The SMILES string of the molecule is C[C@H](NP(=O)(Oc1ccccc1)OC1[C@@]2(C)O[C@@H](c3ccc4c(N)ncnn34)[C@H](O)[C@@]12O)C(=O)O[C@@H]1CCN(C)C1. The molecule has 2 unspecified atom stereocenters. The van der Waals surface area contributed by atoms with Crippen molar-refractivity contribution in [1.82, 2.24) is 24.6 Å². The van der Waals surface area contributed by atoms with Crippen LogP contribution in [0.2, 0.25) is 0 Å². The molecule has 0 bridgehead atoms. The van der Waals surface area contributed by atoms with Crippen molar-refractivity contribution >= 4 is 25.1 Å². The molecule has 220 valence electrons. The molecule has 2 aromatic heterocycles. The maximum atomic E-state index is 14.1. The van der Waals surface area contributed by atoms with Gasteiger partial charge in [-0.2, -0.15) is 10.2 Å². The monoisotopic (exact) mass is 588 g/mol. The van der Waals surface area contributed by atoms with Crippen LogP contribution in [0.4, 0.5) is 5.82 Å². The van der Waals surface area contributed by atoms with E-state index in [2.05, 4.69) is 15.2 Å². The van der Waals surface area contributed by atoms with Crippen LogP contribution >= 0.6 is 7.75 Å². The molecule has 3 fully saturated rings. The molecule has 1 saturated carbocycles. The molecule has 8 atom stereocenters. The summed E-state index contributed by atoms with van der Waals surface area (Å²) in [5.41, 5.74) is 3.47. The van der Waals surface area contributed by atoms with Gasteiger partial charge in [0.1, 0.15) is 53.7 Å². The quantitative estimate of drug-likeness (QED) is 0.206. The maximum Gasteiger partial charge on any atom is 0.459 e. The smallest absolute Gasteiger partial charge is 0.459 e. The first-order valence-corrected chi connectivity index (χ1v) is 14.9. The summed E-state index contributed by atoms with van der Waals surface area (Å²) in [7, 11) is -2.41. The van der Waals surface area contributed by atoms with Crippen molar-refractivity contribution in [2.45, 2.75) is 61.9 Å². The Hall–Kier alpha value is -3.10. The Kier molecular flexibility index (Phi) is 6.85. The van der Waals surface area contributed by atoms with Gasteiger partial charge in [0.05, 0.1) is 5.69 Å². The topological polar surface area (TPSA) is 183 Å². The van der Waals surface area contributed by atoms with E-state index in [1.807, 2.05) is 11.9 Å². The largest absolute Gasteiger partial charge is 0.460 e. The molecular formula is C26H33N6O8P. The number of nitrogens with one attached hydrogen (secondary N) is 1. The van der Waals surface area contributed by atoms with Crippen molar-refractivity contribution in [3.05, 3.63) is 54.5 Å². The minimum absolute atomic E-state index is 0.209. The normalized spacial score (nSPS) is 33.3. The lowest BCUT2D eigenvalue weighted by atomic mass is 10.0. The van der Waals surface area contributed by atoms with Crippen LogP contribution in [0.3, 0.4) is 0 Å². The molecular weight excluding hydrogens is 555 g/mol. The number of esters is 1. The summed E-state index contributed by atoms with van der Waals surface area (Å²) in [6, 6.07) is 10.6. The number of ether oxygens (including phenoxy) is 2. The molecule has 1 aromatic carbocycles. The van der Waals surface area contributed by atoms with Crippen LogP contribution in [-0.4, -0.2) is 91.4 Å². The van der Waals surface area contributed by atoms with Gasteiger partial charge < -0.3 is 34.8 Å². The average molecular weight is 589 g/mol. The van der Waals surface area contributed by atoms with Crippen LogP contribution in [0.5, 0.6) is 5.75 Å². The molecule has 2 saturated heterocycles. The van der Waals surface area contributed by atoms with Gasteiger partial charge in [0.15, 0.2) is 11.4 Å². The lowest BCUT2D eigenvalue weighted by Crippen LogP contribution is -2.39. The summed E-state index contributed by atoms with van der Waals surface area (Å²) in [6.45, 7) is 4.44. The Morgan fingerprint density at radius 3 is 2.71 bits per heavy atom. The summed E-state index contributed by atoms with van der Waals surface area (Å²) in [4.78, 5) is 18.9. The summed E-state index contributed by atoms with van der Waals surface area (Å²) >= 11 is 0. The number of aromatic nitrogens is 3. The molecule has 5 N–H and O–H groups in total. The fourth-order valence-corrected chi connectivity index (χ4v) is 7.48. The van der Waals surface area contributed by atoms with Crippen LogP contribution in [0.1, 0.15) is 32.1 Å². The first-order chi connectivity index (χ1) is 19.4. The van der Waals surface area contributed by atoms with E-state index in [-0.39, 0.29) is 17.7 Å². The number of para-hydroxylation sites is 1. The van der Waals surface area contributed by atoms with Crippen molar-refractivity contribution in [3.8, 4) is 5.75 Å². The number of likely N-dealkylation sites (tertiary alicyclic amines) is 1. The number of carbonyl (C=O) groups excluding carboxylic acids is 1. The van der Waals surface area contributed by atoms with Crippen LogP contribution in [0.15, 0.2) is 48.8 Å². The molecule has 6 rings (SSSR count). The van der Waals surface area contributed by atoms with E-state index >= 15 is 0 Å². The third kappa shape index (κ3) is 4.69. The number of benzene rings is 1. The van der Waals surface area contributed by atoms with Crippen molar-refractivity contribution in [3.63, 3.8) is 0 Å². The predicted octanol–water partition coefficient (Wildman–Crippen LogP) is 1.04. The number of aliphatic hydroxyl groups is 2. The third-order valence-corrected chi connectivity index (χ3v) is 9.72. The van der Waals surface area contributed by atoms with Crippen molar-refractivity contribution in [1.29, 1.82) is 0 Å². The number of rotatable bonds is 9. The lowest BCUT2D eigenvalue weighted by molar-refractivity contribution is -0.150. The van der Waals surface area contributed by atoms with Crippen molar-refractivity contribution in [2.24, 2.45) is 0 Å². The molecule has 0 amide bonds. The molecule has 2 aliphatic heterocycles. The molecule has 0 spiro atoms. The zero-order chi connectivity index (χ0) is 29.2. The zero-order valence-corrected chi connectivity index (χ0v) is 23.7. The van der Waals surface area contributed by atoms with E-state index in [1.54, 1.807) is 49.4 Å². The van der Waals surface area contributed by atoms with Crippen LogP contribution in [-0.2, 0) is 23.4 Å². The van der Waals surface area contributed by atoms with Gasteiger partial charge >= 0.3 is 13.7 Å². The van der Waals surface area contributed by atoms with E-state index in [4.69, 9.17) is 24.3 Å². The van der Waals surface area contributed by atoms with E-state index in [0.717, 1.165) is 6.54 Å². The van der Waals surface area contributed by atoms with Gasteiger partial charge in [0.2, 0.25) is 0 Å². The highest BCUT2D eigenvalue weighted by Gasteiger charge is 2.87. The second-order valence-corrected chi connectivity index (χ2v) is 12.6. The fraction of sp³-hybridized carbons (Fsp3) is 0.500. The van der Waals surface area contributed by atoms with Crippen LogP contribution < -0.4 is 15.3 Å². The van der Waals surface area contributed by atoms with Gasteiger partial charge in [-0.1, -0.05) is 18.2 Å². The summed E-state index contributed by atoms with van der Waals surface area (Å²) in [5.74, 6) is -0.169. The molecule has 14 nitrogen and oxygen atoms in total. The van der Waals surface area contributed by atoms with Crippen molar-refractivity contribution < 1.29 is 38.1 Å². The van der Waals surface area contributed by atoms with Gasteiger partial charge in [-0.05, 0) is 51.6 Å². The van der Waals surface area contributed by atoms with Gasteiger partial charge in [0, 0.05) is 13.1 Å². The fourth-order valence-electron chi connectivity index (χ4n) is 5.70. The third-order valence-electron chi connectivity index (χ3n) is 8.07. The number of anilines is 1. The van der Waals surface area contributed by atoms with Gasteiger partial charge in [-0.3, -0.25) is 9.32 Å². The number of hydrogen-bond acceptors (Lipinski definition) is 12. The zero-order valence-electron chi connectivity index (χ0n) is 22.8. The van der Waals surface area contributed by atoms with Crippen molar-refractivity contribution in [2.75, 3.05) is 25.9 Å². The highest BCUT2D eigenvalue weighted by Crippen LogP contribution is 2.68. The Bertz CT molecular complexity index is 1510. The highest BCUT2D eigenvalue weighted by atomic mass is 31.2. The Balaban J connectivity index is 1.21. The summed E-state index contributed by atoms with van der Waals surface area (Å²) < 4.78 is 39.0. The second kappa shape index (κ2) is 10.0. The first-order valence-electron chi connectivity index (χ1n) is 13.3. The molecule has 0 radical (unpaired) electrons. The standard InChI is InChI=1S/C26H33N6O8P/c1-15(23(34)37-17-11-12-31(3)13-17)30-41(36,39-16-7-5-4-6-8-16)40-24-25(2)26(24,35)21(33)20(38-25)18-9-10-19-22(27)28-14-29-32(18)19/h4-10,14-15,17,20-21,24,33,35H,11-13H2,1-3H3,(H,30,36)(H2,27,28,29)/t15-,17+,20-,21-,24?,25+,26+,41?/m0/s1. The number of aliphatic hydroxyl groups excluding tert-OH is 1. The van der Waals surface area contributed by atoms with E-state index in [0.29, 0.717) is 24.2 Å². The summed E-state index contributed by atoms with van der Waals surface area (Å²) in [5, 5.41) is 29.7. The number of nitrogen functional groups attached to an aromatic ring is 1. The highest BCUT2D eigenvalue weighted by molar-refractivity contribution is 7.52. The molecule has 3 aromatic rings. The number of hydrogen-bond donors (Lipinski definition) is 4. The van der Waals surface area contributed by atoms with Gasteiger partial charge in [0.25, 0.3) is 0 Å². The Labute approximate surface area is 235 Å². The lowest BCUT2D eigenvalue weighted by Gasteiger charge is -2.27. The summed E-state index contributed by atoms with van der Waals surface area (Å²) in [6.07, 6.45) is -2.05. The Morgan fingerprint density at radius 2 is 2.05 bits per heavy atom. The molecule has 41 heavy (non-hydrogen) atoms. The first kappa shape index (κ1) is 28.0. The molecule has 4 heterocycles. The second-order valence-electron chi connectivity index (χ2n) is 11.0. The van der Waals surface area contributed by atoms with Gasteiger partial charge in [-0.25, -0.2) is 14.1 Å². The molecule has 15 heteroatoms.